The van der Waals surface area contributed by atoms with Gasteiger partial charge in [0.2, 0.25) is 0 Å². The van der Waals surface area contributed by atoms with Crippen LogP contribution in [0.15, 0.2) is 0 Å². The summed E-state index contributed by atoms with van der Waals surface area (Å²) >= 11 is 0. The molecule has 0 radical (unpaired) electrons. The molecule has 86 valence electrons. The van der Waals surface area contributed by atoms with Gasteiger partial charge in [0.05, 0.1) is 0 Å². The summed E-state index contributed by atoms with van der Waals surface area (Å²) < 4.78 is 0. The van der Waals surface area contributed by atoms with Crippen molar-refractivity contribution in [3.05, 3.63) is 33.4 Å². The van der Waals surface area contributed by atoms with E-state index >= 15 is 0 Å². The van der Waals surface area contributed by atoms with E-state index in [-0.39, 0.29) is 5.92 Å². The third-order valence-electron chi connectivity index (χ3n) is 4.02. The molecule has 0 aromatic heterocycles. The fraction of sp³-hybridized carbons (Fsp3) is 0.500. The maximum atomic E-state index is 5.64. The molecule has 0 heterocycles. The molecule has 0 aliphatic carbocycles. The molecule has 0 saturated carbocycles. The molecule has 16 heavy (non-hydrogen) atoms. The molecule has 0 saturated heterocycles. The Morgan fingerprint density at radius 1 is 0.875 bits per heavy atom. The Morgan fingerprint density at radius 2 is 1.25 bits per heavy atom. The van der Waals surface area contributed by atoms with Gasteiger partial charge in [-0.3, -0.25) is 0 Å². The number of hydrogen-bond donors (Lipinski definition) is 0. The molecule has 0 aliphatic rings. The highest BCUT2D eigenvalue weighted by Gasteiger charge is 2.17. The van der Waals surface area contributed by atoms with Gasteiger partial charge < -0.3 is 0 Å². The minimum atomic E-state index is 0.262. The molecule has 0 fully saturated rings. The van der Waals surface area contributed by atoms with Crippen molar-refractivity contribution in [2.45, 2.75) is 53.9 Å². The molecular weight excluding hydrogens is 192 g/mol. The summed E-state index contributed by atoms with van der Waals surface area (Å²) in [5.74, 6) is 3.19. The molecule has 0 spiro atoms. The van der Waals surface area contributed by atoms with Crippen molar-refractivity contribution in [3.8, 4) is 12.3 Å². The molecule has 1 atom stereocenters. The lowest BCUT2D eigenvalue weighted by Crippen LogP contribution is -2.06. The van der Waals surface area contributed by atoms with E-state index in [1.165, 1.54) is 33.4 Å². The van der Waals surface area contributed by atoms with E-state index in [2.05, 4.69) is 47.5 Å². The highest BCUT2D eigenvalue weighted by Crippen LogP contribution is 2.32. The van der Waals surface area contributed by atoms with Crippen molar-refractivity contribution in [1.82, 2.24) is 0 Å². The smallest absolute Gasteiger partial charge is 0.0452 e. The van der Waals surface area contributed by atoms with Crippen molar-refractivity contribution >= 4 is 0 Å². The van der Waals surface area contributed by atoms with Gasteiger partial charge in [0.25, 0.3) is 0 Å². The van der Waals surface area contributed by atoms with Crippen LogP contribution in [0.1, 0.15) is 52.6 Å². The maximum Gasteiger partial charge on any atom is 0.0452 e. The Labute approximate surface area is 100 Å². The van der Waals surface area contributed by atoms with Crippen molar-refractivity contribution in [2.24, 2.45) is 0 Å². The van der Waals surface area contributed by atoms with Gasteiger partial charge in [-0.15, -0.1) is 6.42 Å². The molecule has 1 aromatic carbocycles. The minimum absolute atomic E-state index is 0.262. The highest BCUT2D eigenvalue weighted by atomic mass is 14.2. The lowest BCUT2D eigenvalue weighted by atomic mass is 9.83. The molecule has 0 nitrogen and oxygen atoms in total. The van der Waals surface area contributed by atoms with Crippen LogP contribution < -0.4 is 0 Å². The number of terminal acetylenes is 1. The molecule has 0 aliphatic heterocycles. The predicted molar refractivity (Wildman–Crippen MR) is 72.0 cm³/mol. The zero-order valence-corrected chi connectivity index (χ0v) is 11.4. The van der Waals surface area contributed by atoms with Crippen LogP contribution >= 0.6 is 0 Å². The largest absolute Gasteiger partial charge is 0.119 e. The Morgan fingerprint density at radius 3 is 1.56 bits per heavy atom. The van der Waals surface area contributed by atoms with Gasteiger partial charge in [0.1, 0.15) is 0 Å². The summed E-state index contributed by atoms with van der Waals surface area (Å²) in [6, 6.07) is 0. The average molecular weight is 214 g/mol. The van der Waals surface area contributed by atoms with Crippen molar-refractivity contribution in [1.29, 1.82) is 0 Å². The standard InChI is InChI=1S/C16H22/c1-8-15(9-2)16-13(6)11(4)10(3)12(5)14(16)7/h1,15H,9H2,2-7H3. The van der Waals surface area contributed by atoms with E-state index in [0.717, 1.165) is 6.42 Å². The monoisotopic (exact) mass is 214 g/mol. The molecule has 0 bridgehead atoms. The SMILES string of the molecule is C#CC(CC)c1c(C)c(C)c(C)c(C)c1C. The second-order valence-corrected chi connectivity index (χ2v) is 4.67. The second-order valence-electron chi connectivity index (χ2n) is 4.67. The van der Waals surface area contributed by atoms with Gasteiger partial charge in [-0.1, -0.05) is 12.8 Å². The first-order valence-electron chi connectivity index (χ1n) is 5.98. The van der Waals surface area contributed by atoms with E-state index in [9.17, 15) is 0 Å². The lowest BCUT2D eigenvalue weighted by molar-refractivity contribution is 0.810. The van der Waals surface area contributed by atoms with Gasteiger partial charge in [-0.25, -0.2) is 0 Å². The summed E-state index contributed by atoms with van der Waals surface area (Å²) in [6.45, 7) is 13.2. The van der Waals surface area contributed by atoms with Crippen LogP contribution in [0.5, 0.6) is 0 Å². The van der Waals surface area contributed by atoms with Crippen LogP contribution in [0.2, 0.25) is 0 Å². The number of benzene rings is 1. The molecule has 1 aromatic rings. The fourth-order valence-corrected chi connectivity index (χ4v) is 2.46. The van der Waals surface area contributed by atoms with Gasteiger partial charge >= 0.3 is 0 Å². The zero-order chi connectivity index (χ0) is 12.5. The molecule has 1 rings (SSSR count). The Hall–Kier alpha value is -1.22. The molecule has 1 unspecified atom stereocenters. The summed E-state index contributed by atoms with van der Waals surface area (Å²) in [7, 11) is 0. The van der Waals surface area contributed by atoms with Crippen LogP contribution in [0, 0.1) is 47.0 Å². The van der Waals surface area contributed by atoms with Crippen LogP contribution in [-0.4, -0.2) is 0 Å². The van der Waals surface area contributed by atoms with E-state index < -0.39 is 0 Å². The third kappa shape index (κ3) is 1.87. The maximum absolute atomic E-state index is 5.64. The average Bonchev–Trinajstić information content (AvgIpc) is 2.29. The van der Waals surface area contributed by atoms with Gasteiger partial charge in [-0.2, -0.15) is 0 Å². The predicted octanol–water partition coefficient (Wildman–Crippen LogP) is 4.36. The third-order valence-corrected chi connectivity index (χ3v) is 4.02. The Kier molecular flexibility index (Phi) is 3.81. The topological polar surface area (TPSA) is 0 Å². The van der Waals surface area contributed by atoms with Gasteiger partial charge in [0.15, 0.2) is 0 Å². The van der Waals surface area contributed by atoms with Crippen molar-refractivity contribution < 1.29 is 0 Å². The lowest BCUT2D eigenvalue weighted by Gasteiger charge is -2.21. The van der Waals surface area contributed by atoms with Crippen LogP contribution in [0.25, 0.3) is 0 Å². The Bertz CT molecular complexity index is 415. The minimum Gasteiger partial charge on any atom is -0.119 e. The van der Waals surface area contributed by atoms with Crippen molar-refractivity contribution in [2.75, 3.05) is 0 Å². The second kappa shape index (κ2) is 4.74. The number of hydrogen-bond acceptors (Lipinski definition) is 0. The molecule has 0 N–H and O–H groups in total. The van der Waals surface area contributed by atoms with Crippen LogP contribution in [-0.2, 0) is 0 Å². The first kappa shape index (κ1) is 12.8. The number of rotatable bonds is 2. The zero-order valence-electron chi connectivity index (χ0n) is 11.4. The molecule has 0 heteroatoms. The Balaban J connectivity index is 3.58. The molecule has 0 amide bonds. The first-order valence-corrected chi connectivity index (χ1v) is 5.98. The first-order chi connectivity index (χ1) is 7.45. The van der Waals surface area contributed by atoms with E-state index in [0.29, 0.717) is 0 Å². The quantitative estimate of drug-likeness (QED) is 0.642. The normalized spacial score (nSPS) is 12.3. The fourth-order valence-electron chi connectivity index (χ4n) is 2.46. The summed E-state index contributed by atoms with van der Waals surface area (Å²) in [5, 5.41) is 0. The van der Waals surface area contributed by atoms with Gasteiger partial charge in [-0.05, 0) is 74.4 Å². The van der Waals surface area contributed by atoms with Crippen molar-refractivity contribution in [3.63, 3.8) is 0 Å². The van der Waals surface area contributed by atoms with Crippen LogP contribution in [0.4, 0.5) is 0 Å². The van der Waals surface area contributed by atoms with Crippen LogP contribution in [0.3, 0.4) is 0 Å². The molecular formula is C16H22. The summed E-state index contributed by atoms with van der Waals surface area (Å²) in [5.41, 5.74) is 8.34. The van der Waals surface area contributed by atoms with E-state index in [1.807, 2.05) is 0 Å². The summed E-state index contributed by atoms with van der Waals surface area (Å²) in [4.78, 5) is 0. The van der Waals surface area contributed by atoms with E-state index in [1.54, 1.807) is 0 Å². The highest BCUT2D eigenvalue weighted by molar-refractivity contribution is 5.52. The van der Waals surface area contributed by atoms with Gasteiger partial charge in [0, 0.05) is 5.92 Å². The van der Waals surface area contributed by atoms with E-state index in [4.69, 9.17) is 6.42 Å². The summed E-state index contributed by atoms with van der Waals surface area (Å²) in [6.07, 6.45) is 6.66.